The Hall–Kier alpha value is -2.04. The van der Waals surface area contributed by atoms with Crippen molar-refractivity contribution in [1.29, 1.82) is 0 Å². The third kappa shape index (κ3) is 7.97. The number of carbonyl (C=O) groups excluding carboxylic acids is 1. The van der Waals surface area contributed by atoms with Crippen molar-refractivity contribution in [2.75, 3.05) is 6.54 Å². The van der Waals surface area contributed by atoms with E-state index in [0.717, 1.165) is 5.75 Å². The number of rotatable bonds is 9. The summed E-state index contributed by atoms with van der Waals surface area (Å²) in [6, 6.07) is 7.76. The SMILES string of the molecule is Cc1ccc(OC(C)CNC(=O)CCCCC(=O)O)cc1. The molecule has 1 unspecified atom stereocenters. The van der Waals surface area contributed by atoms with Crippen LogP contribution in [0.4, 0.5) is 0 Å². The number of amides is 1. The number of ether oxygens (including phenoxy) is 1. The maximum atomic E-state index is 11.6. The molecule has 0 spiro atoms. The first-order chi connectivity index (χ1) is 9.97. The van der Waals surface area contributed by atoms with Crippen LogP contribution in [-0.2, 0) is 9.59 Å². The minimum atomic E-state index is -0.824. The molecule has 1 aromatic carbocycles. The van der Waals surface area contributed by atoms with Gasteiger partial charge in [0.1, 0.15) is 11.9 Å². The van der Waals surface area contributed by atoms with Crippen LogP contribution >= 0.6 is 0 Å². The maximum Gasteiger partial charge on any atom is 0.303 e. The van der Waals surface area contributed by atoms with Crippen molar-refractivity contribution in [1.82, 2.24) is 5.32 Å². The van der Waals surface area contributed by atoms with Gasteiger partial charge in [-0.15, -0.1) is 0 Å². The molecule has 21 heavy (non-hydrogen) atoms. The highest BCUT2D eigenvalue weighted by atomic mass is 16.5. The van der Waals surface area contributed by atoms with Crippen LogP contribution in [0.3, 0.4) is 0 Å². The molecule has 1 atom stereocenters. The molecule has 0 saturated carbocycles. The topological polar surface area (TPSA) is 75.6 Å². The first kappa shape index (κ1) is 17.0. The molecule has 1 rings (SSSR count). The van der Waals surface area contributed by atoms with Crippen molar-refractivity contribution in [3.05, 3.63) is 29.8 Å². The first-order valence-corrected chi connectivity index (χ1v) is 7.19. The molecule has 5 heteroatoms. The average molecular weight is 293 g/mol. The Balaban J connectivity index is 2.17. The average Bonchev–Trinajstić information content (AvgIpc) is 2.44. The summed E-state index contributed by atoms with van der Waals surface area (Å²) >= 11 is 0. The number of aliphatic carboxylic acids is 1. The fourth-order valence-corrected chi connectivity index (χ4v) is 1.80. The van der Waals surface area contributed by atoms with Crippen molar-refractivity contribution in [3.63, 3.8) is 0 Å². The molecule has 0 fully saturated rings. The summed E-state index contributed by atoms with van der Waals surface area (Å²) in [6.45, 7) is 4.34. The molecule has 0 aliphatic rings. The molecule has 0 radical (unpaired) electrons. The normalized spacial score (nSPS) is 11.7. The lowest BCUT2D eigenvalue weighted by atomic mass is 10.2. The summed E-state index contributed by atoms with van der Waals surface area (Å²) < 4.78 is 5.68. The maximum absolute atomic E-state index is 11.6. The van der Waals surface area contributed by atoms with E-state index in [4.69, 9.17) is 9.84 Å². The van der Waals surface area contributed by atoms with Crippen LogP contribution in [0.2, 0.25) is 0 Å². The summed E-state index contributed by atoms with van der Waals surface area (Å²) in [6.07, 6.45) is 1.46. The predicted molar refractivity (Wildman–Crippen MR) is 80.4 cm³/mol. The number of carboxylic acids is 1. The molecule has 0 aromatic heterocycles. The lowest BCUT2D eigenvalue weighted by Crippen LogP contribution is -2.33. The Kier molecular flexibility index (Phi) is 7.29. The quantitative estimate of drug-likeness (QED) is 0.686. The Morgan fingerprint density at radius 3 is 2.43 bits per heavy atom. The van der Waals surface area contributed by atoms with Gasteiger partial charge in [-0.3, -0.25) is 9.59 Å². The van der Waals surface area contributed by atoms with E-state index in [9.17, 15) is 9.59 Å². The van der Waals surface area contributed by atoms with Crippen LogP contribution < -0.4 is 10.1 Å². The highest BCUT2D eigenvalue weighted by Crippen LogP contribution is 2.13. The molecular weight excluding hydrogens is 270 g/mol. The fraction of sp³-hybridized carbons (Fsp3) is 0.500. The predicted octanol–water partition coefficient (Wildman–Crippen LogP) is 2.52. The Labute approximate surface area is 125 Å². The zero-order valence-electron chi connectivity index (χ0n) is 12.6. The van der Waals surface area contributed by atoms with E-state index in [1.54, 1.807) is 0 Å². The first-order valence-electron chi connectivity index (χ1n) is 7.19. The van der Waals surface area contributed by atoms with Gasteiger partial charge in [-0.2, -0.15) is 0 Å². The highest BCUT2D eigenvalue weighted by Gasteiger charge is 2.07. The summed E-state index contributed by atoms with van der Waals surface area (Å²) in [5.74, 6) is -0.112. The van der Waals surface area contributed by atoms with Gasteiger partial charge in [0.15, 0.2) is 0 Å². The number of aryl methyl sites for hydroxylation is 1. The van der Waals surface area contributed by atoms with Gasteiger partial charge in [0, 0.05) is 12.8 Å². The van der Waals surface area contributed by atoms with Crippen LogP contribution in [0, 0.1) is 6.92 Å². The fourth-order valence-electron chi connectivity index (χ4n) is 1.80. The molecular formula is C16H23NO4. The van der Waals surface area contributed by atoms with Gasteiger partial charge in [-0.05, 0) is 38.8 Å². The third-order valence-corrected chi connectivity index (χ3v) is 2.99. The summed E-state index contributed by atoms with van der Waals surface area (Å²) in [5, 5.41) is 11.3. The van der Waals surface area contributed by atoms with Crippen LogP contribution in [0.1, 0.15) is 38.2 Å². The van der Waals surface area contributed by atoms with E-state index in [1.807, 2.05) is 38.1 Å². The van der Waals surface area contributed by atoms with Crippen LogP contribution in [-0.4, -0.2) is 29.6 Å². The van der Waals surface area contributed by atoms with Crippen LogP contribution in [0.5, 0.6) is 5.75 Å². The number of hydrogen-bond donors (Lipinski definition) is 2. The van der Waals surface area contributed by atoms with Crippen LogP contribution in [0.25, 0.3) is 0 Å². The van der Waals surface area contributed by atoms with Crippen molar-refractivity contribution in [2.24, 2.45) is 0 Å². The Morgan fingerprint density at radius 2 is 1.81 bits per heavy atom. The molecule has 0 aliphatic heterocycles. The van der Waals surface area contributed by atoms with Gasteiger partial charge in [-0.25, -0.2) is 0 Å². The number of carboxylic acid groups (broad SMARTS) is 1. The third-order valence-electron chi connectivity index (χ3n) is 2.99. The van der Waals surface area contributed by atoms with E-state index < -0.39 is 5.97 Å². The van der Waals surface area contributed by atoms with Gasteiger partial charge in [0.05, 0.1) is 6.54 Å². The number of nitrogens with one attached hydrogen (secondary N) is 1. The minimum absolute atomic E-state index is 0.0697. The zero-order valence-corrected chi connectivity index (χ0v) is 12.6. The molecule has 1 amide bonds. The molecule has 1 aromatic rings. The molecule has 0 heterocycles. The number of hydrogen-bond acceptors (Lipinski definition) is 3. The standard InChI is InChI=1S/C16H23NO4/c1-12-7-9-14(10-8-12)21-13(2)11-17-15(18)5-3-4-6-16(19)20/h7-10,13H,3-6,11H2,1-2H3,(H,17,18)(H,19,20). The molecule has 0 aliphatic carbocycles. The highest BCUT2D eigenvalue weighted by molar-refractivity contribution is 5.75. The van der Waals surface area contributed by atoms with Crippen molar-refractivity contribution in [3.8, 4) is 5.75 Å². The molecule has 0 bridgehead atoms. The largest absolute Gasteiger partial charge is 0.489 e. The number of benzene rings is 1. The summed E-state index contributed by atoms with van der Waals surface area (Å²) in [4.78, 5) is 21.9. The number of carbonyl (C=O) groups is 2. The van der Waals surface area contributed by atoms with E-state index >= 15 is 0 Å². The molecule has 0 saturated heterocycles. The van der Waals surface area contributed by atoms with Gasteiger partial charge >= 0.3 is 5.97 Å². The number of unbranched alkanes of at least 4 members (excludes halogenated alkanes) is 1. The van der Waals surface area contributed by atoms with Gasteiger partial charge < -0.3 is 15.2 Å². The van der Waals surface area contributed by atoms with Crippen molar-refractivity contribution < 1.29 is 19.4 Å². The van der Waals surface area contributed by atoms with E-state index in [1.165, 1.54) is 5.56 Å². The lowest BCUT2D eigenvalue weighted by Gasteiger charge is -2.15. The second kappa shape index (κ2) is 9.00. The Morgan fingerprint density at radius 1 is 1.19 bits per heavy atom. The smallest absolute Gasteiger partial charge is 0.303 e. The van der Waals surface area contributed by atoms with Crippen molar-refractivity contribution >= 4 is 11.9 Å². The van der Waals surface area contributed by atoms with Gasteiger partial charge in [0.2, 0.25) is 5.91 Å². The summed E-state index contributed by atoms with van der Waals surface area (Å²) in [7, 11) is 0. The van der Waals surface area contributed by atoms with Gasteiger partial charge in [-0.1, -0.05) is 17.7 Å². The van der Waals surface area contributed by atoms with E-state index in [2.05, 4.69) is 5.32 Å². The molecule has 2 N–H and O–H groups in total. The second-order valence-electron chi connectivity index (χ2n) is 5.15. The minimum Gasteiger partial charge on any atom is -0.489 e. The Bertz CT molecular complexity index is 456. The summed E-state index contributed by atoms with van der Waals surface area (Å²) in [5.41, 5.74) is 1.17. The molecule has 116 valence electrons. The van der Waals surface area contributed by atoms with E-state index in [0.29, 0.717) is 25.8 Å². The van der Waals surface area contributed by atoms with Crippen molar-refractivity contribution in [2.45, 2.75) is 45.6 Å². The zero-order chi connectivity index (χ0) is 15.7. The van der Waals surface area contributed by atoms with Gasteiger partial charge in [0.25, 0.3) is 0 Å². The van der Waals surface area contributed by atoms with E-state index in [-0.39, 0.29) is 18.4 Å². The monoisotopic (exact) mass is 293 g/mol. The second-order valence-corrected chi connectivity index (χ2v) is 5.15. The molecule has 5 nitrogen and oxygen atoms in total. The lowest BCUT2D eigenvalue weighted by molar-refractivity contribution is -0.137. The van der Waals surface area contributed by atoms with Crippen LogP contribution in [0.15, 0.2) is 24.3 Å².